The molecule has 1 saturated carbocycles. The van der Waals surface area contributed by atoms with Gasteiger partial charge in [-0.1, -0.05) is 30.9 Å². The van der Waals surface area contributed by atoms with E-state index in [2.05, 4.69) is 5.10 Å². The fraction of sp³-hybridized carbons (Fsp3) is 0.462. The predicted molar refractivity (Wildman–Crippen MR) is 69.7 cm³/mol. The molecule has 0 amide bonds. The number of hydrogen-bond donors (Lipinski definition) is 1. The second kappa shape index (κ2) is 4.22. The molecule has 1 aromatic carbocycles. The van der Waals surface area contributed by atoms with E-state index in [1.807, 2.05) is 10.7 Å². The second-order valence-corrected chi connectivity index (χ2v) is 5.20. The van der Waals surface area contributed by atoms with Gasteiger partial charge in [-0.2, -0.15) is 0 Å². The van der Waals surface area contributed by atoms with Crippen LogP contribution < -0.4 is 5.56 Å². The van der Waals surface area contributed by atoms with Crippen LogP contribution in [0.3, 0.4) is 0 Å². The lowest BCUT2D eigenvalue weighted by molar-refractivity contribution is 0.336. The Morgan fingerprint density at radius 3 is 2.76 bits per heavy atom. The summed E-state index contributed by atoms with van der Waals surface area (Å²) in [7, 11) is 0. The number of benzene rings is 1. The lowest BCUT2D eigenvalue weighted by Gasteiger charge is -2.23. The van der Waals surface area contributed by atoms with E-state index >= 15 is 0 Å². The van der Waals surface area contributed by atoms with Crippen LogP contribution in [0.25, 0.3) is 10.9 Å². The maximum Gasteiger partial charge on any atom is 0.271 e. The molecule has 1 N–H and O–H groups in total. The van der Waals surface area contributed by atoms with E-state index in [9.17, 15) is 4.79 Å². The fourth-order valence-corrected chi connectivity index (χ4v) is 2.92. The molecule has 2 aromatic rings. The first-order valence-electron chi connectivity index (χ1n) is 6.15. The Kier molecular flexibility index (Phi) is 2.71. The summed E-state index contributed by atoms with van der Waals surface area (Å²) in [5.74, 6) is 0. The Hall–Kier alpha value is -1.22. The van der Waals surface area contributed by atoms with Gasteiger partial charge >= 0.3 is 0 Å². The van der Waals surface area contributed by atoms with Gasteiger partial charge in [0.2, 0.25) is 0 Å². The summed E-state index contributed by atoms with van der Waals surface area (Å²) in [5, 5.41) is 4.37. The zero-order valence-corrected chi connectivity index (χ0v) is 10.3. The van der Waals surface area contributed by atoms with Crippen molar-refractivity contribution in [3.8, 4) is 0 Å². The molecule has 0 atom stereocenters. The summed E-state index contributed by atoms with van der Waals surface area (Å²) in [6.07, 6.45) is 6.08. The number of nitrogens with one attached hydrogen (secondary N) is 1. The fourth-order valence-electron chi connectivity index (χ4n) is 2.75. The molecule has 1 aromatic heterocycles. The van der Waals surface area contributed by atoms with E-state index in [1.165, 1.54) is 19.3 Å². The van der Waals surface area contributed by atoms with Crippen LogP contribution >= 0.6 is 11.6 Å². The molecule has 3 nitrogen and oxygen atoms in total. The van der Waals surface area contributed by atoms with Crippen LogP contribution in [-0.4, -0.2) is 9.78 Å². The van der Waals surface area contributed by atoms with Crippen molar-refractivity contribution in [3.63, 3.8) is 0 Å². The normalized spacial score (nSPS) is 17.7. The molecule has 1 aliphatic rings. The van der Waals surface area contributed by atoms with E-state index in [0.29, 0.717) is 11.1 Å². The molecule has 4 heteroatoms. The average molecular weight is 251 g/mol. The number of fused-ring (bicyclic) bond motifs is 1. The summed E-state index contributed by atoms with van der Waals surface area (Å²) in [4.78, 5) is 11.8. The van der Waals surface area contributed by atoms with Gasteiger partial charge in [-0.25, -0.2) is 0 Å². The average Bonchev–Trinajstić information content (AvgIpc) is 2.67. The molecule has 0 aliphatic heterocycles. The zero-order valence-electron chi connectivity index (χ0n) is 9.58. The van der Waals surface area contributed by atoms with Gasteiger partial charge in [-0.15, -0.1) is 0 Å². The summed E-state index contributed by atoms with van der Waals surface area (Å²) in [6.45, 7) is 0. The second-order valence-electron chi connectivity index (χ2n) is 4.76. The molecular formula is C13H15ClN2O. The van der Waals surface area contributed by atoms with Crippen LogP contribution in [0.1, 0.15) is 38.1 Å². The van der Waals surface area contributed by atoms with E-state index in [-0.39, 0.29) is 5.56 Å². The smallest absolute Gasteiger partial charge is 0.271 e. The van der Waals surface area contributed by atoms with Gasteiger partial charge in [0.25, 0.3) is 5.56 Å². The van der Waals surface area contributed by atoms with Crippen molar-refractivity contribution in [3.05, 3.63) is 33.6 Å². The first-order chi connectivity index (χ1) is 8.25. The summed E-state index contributed by atoms with van der Waals surface area (Å²) in [6, 6.07) is 5.87. The molecule has 0 unspecified atom stereocenters. The number of halogens is 1. The number of H-pyrrole nitrogens is 1. The lowest BCUT2D eigenvalue weighted by atomic mass is 9.95. The van der Waals surface area contributed by atoms with Gasteiger partial charge < -0.3 is 0 Å². The quantitative estimate of drug-likeness (QED) is 0.827. The summed E-state index contributed by atoms with van der Waals surface area (Å²) in [5.41, 5.74) is 0.927. The first kappa shape index (κ1) is 10.9. The van der Waals surface area contributed by atoms with Crippen molar-refractivity contribution in [2.24, 2.45) is 0 Å². The van der Waals surface area contributed by atoms with Gasteiger partial charge in [-0.05, 0) is 31.0 Å². The van der Waals surface area contributed by atoms with Gasteiger partial charge in [0.05, 0.1) is 16.9 Å². The molecule has 17 heavy (non-hydrogen) atoms. The molecular weight excluding hydrogens is 236 g/mol. The van der Waals surface area contributed by atoms with Crippen molar-refractivity contribution >= 4 is 22.5 Å². The van der Waals surface area contributed by atoms with Crippen LogP contribution in [0.5, 0.6) is 0 Å². The Morgan fingerprint density at radius 2 is 2.00 bits per heavy atom. The molecule has 1 heterocycles. The highest BCUT2D eigenvalue weighted by atomic mass is 35.5. The Morgan fingerprint density at radius 1 is 1.24 bits per heavy atom. The third-order valence-corrected chi connectivity index (χ3v) is 3.86. The SMILES string of the molecule is O=c1[nH]n(C2CCCCC2)c2cc(Cl)ccc12. The number of rotatable bonds is 1. The Balaban J connectivity index is 2.15. The first-order valence-corrected chi connectivity index (χ1v) is 6.53. The topological polar surface area (TPSA) is 37.8 Å². The van der Waals surface area contributed by atoms with E-state index in [0.717, 1.165) is 23.7 Å². The lowest BCUT2D eigenvalue weighted by Crippen LogP contribution is -2.16. The largest absolute Gasteiger partial charge is 0.281 e. The maximum absolute atomic E-state index is 11.8. The minimum absolute atomic E-state index is 0.0118. The zero-order chi connectivity index (χ0) is 11.8. The summed E-state index contributed by atoms with van der Waals surface area (Å²) >= 11 is 6.01. The highest BCUT2D eigenvalue weighted by Gasteiger charge is 2.18. The van der Waals surface area contributed by atoms with Crippen LogP contribution in [0.2, 0.25) is 5.02 Å². The van der Waals surface area contributed by atoms with E-state index in [4.69, 9.17) is 11.6 Å². The number of aromatic nitrogens is 2. The van der Waals surface area contributed by atoms with Gasteiger partial charge in [0, 0.05) is 5.02 Å². The third kappa shape index (κ3) is 1.89. The Labute approximate surface area is 104 Å². The molecule has 1 aliphatic carbocycles. The minimum atomic E-state index is -0.0118. The highest BCUT2D eigenvalue weighted by molar-refractivity contribution is 6.31. The van der Waals surface area contributed by atoms with Crippen molar-refractivity contribution in [1.29, 1.82) is 0 Å². The minimum Gasteiger partial charge on any atom is -0.281 e. The van der Waals surface area contributed by atoms with Crippen molar-refractivity contribution in [2.45, 2.75) is 38.1 Å². The van der Waals surface area contributed by atoms with Crippen molar-refractivity contribution in [2.75, 3.05) is 0 Å². The molecule has 0 bridgehead atoms. The van der Waals surface area contributed by atoms with Crippen LogP contribution in [0.15, 0.2) is 23.0 Å². The molecule has 0 radical (unpaired) electrons. The molecule has 0 spiro atoms. The standard InChI is InChI=1S/C13H15ClN2O/c14-9-6-7-11-12(8-9)16(15-13(11)17)10-4-2-1-3-5-10/h6-8,10H,1-5H2,(H,15,17). The monoisotopic (exact) mass is 250 g/mol. The molecule has 3 rings (SSSR count). The van der Waals surface area contributed by atoms with Crippen molar-refractivity contribution < 1.29 is 0 Å². The predicted octanol–water partition coefficient (Wildman–Crippen LogP) is 3.49. The van der Waals surface area contributed by atoms with Crippen LogP contribution in [-0.2, 0) is 0 Å². The molecule has 0 saturated heterocycles. The highest BCUT2D eigenvalue weighted by Crippen LogP contribution is 2.30. The van der Waals surface area contributed by atoms with Crippen LogP contribution in [0, 0.1) is 0 Å². The molecule has 90 valence electrons. The number of aromatic amines is 1. The van der Waals surface area contributed by atoms with Gasteiger partial charge in [0.1, 0.15) is 0 Å². The van der Waals surface area contributed by atoms with Crippen LogP contribution in [0.4, 0.5) is 0 Å². The third-order valence-electron chi connectivity index (χ3n) is 3.63. The number of hydrogen-bond acceptors (Lipinski definition) is 1. The van der Waals surface area contributed by atoms with E-state index in [1.54, 1.807) is 12.1 Å². The summed E-state index contributed by atoms with van der Waals surface area (Å²) < 4.78 is 2.02. The van der Waals surface area contributed by atoms with Gasteiger partial charge in [-0.3, -0.25) is 14.6 Å². The molecule has 1 fully saturated rings. The number of nitrogens with zero attached hydrogens (tertiary/aromatic N) is 1. The van der Waals surface area contributed by atoms with E-state index < -0.39 is 0 Å². The Bertz CT molecular complexity index is 593. The van der Waals surface area contributed by atoms with Crippen molar-refractivity contribution in [1.82, 2.24) is 9.78 Å². The maximum atomic E-state index is 11.8. The van der Waals surface area contributed by atoms with Gasteiger partial charge in [0.15, 0.2) is 0 Å².